The van der Waals surface area contributed by atoms with Crippen LogP contribution in [-0.2, 0) is 0 Å². The molecule has 298 valence electrons. The lowest BCUT2D eigenvalue weighted by Crippen LogP contribution is -2.06. The van der Waals surface area contributed by atoms with Crippen molar-refractivity contribution in [2.45, 2.75) is 0 Å². The van der Waals surface area contributed by atoms with E-state index in [2.05, 4.69) is 185 Å². The molecule has 7 heteroatoms. The van der Waals surface area contributed by atoms with Crippen molar-refractivity contribution in [3.8, 4) is 45.5 Å². The van der Waals surface area contributed by atoms with E-state index in [1.54, 1.807) is 0 Å². The van der Waals surface area contributed by atoms with E-state index in [0.717, 1.165) is 82.7 Å². The first-order chi connectivity index (χ1) is 31.7. The maximum Gasteiger partial charge on any atom is 0.238 e. The SMILES string of the molecule is c1ccc(-c2nc(-c3ccc4sc5ccccc5c4c3)nc(-n3c4ccccc4c4cc5c6ccccc6n(-c6cc(-c7ccccc7)c7oc8ccccc8c7c6)c5cc43)n2)cc1. The Morgan fingerprint density at radius 2 is 0.953 bits per heavy atom. The molecule has 0 aliphatic heterocycles. The Kier molecular flexibility index (Phi) is 7.46. The summed E-state index contributed by atoms with van der Waals surface area (Å²) in [7, 11) is 0. The van der Waals surface area contributed by atoms with Gasteiger partial charge in [0.15, 0.2) is 11.6 Å². The Labute approximate surface area is 369 Å². The Morgan fingerprint density at radius 1 is 0.359 bits per heavy atom. The van der Waals surface area contributed by atoms with Gasteiger partial charge < -0.3 is 8.98 Å². The van der Waals surface area contributed by atoms with Gasteiger partial charge in [-0.25, -0.2) is 4.98 Å². The summed E-state index contributed by atoms with van der Waals surface area (Å²) >= 11 is 1.81. The standard InChI is InChI=1S/C57H33N5OS/c1-3-15-34(16-4-1)42-30-37(31-46-40-21-9-13-25-51(40)63-54(42)46)61-47-23-11-7-19-38(47)43-32-44-39-20-8-12-24-48(39)62(50(44)33-49(43)61)57-59-55(35-17-5-2-6-18-35)58-56(60-57)36-27-28-53-45(29-36)41-22-10-14-26-52(41)64-53/h1-33H. The number of fused-ring (bicyclic) bond motifs is 12. The van der Waals surface area contributed by atoms with Gasteiger partial charge in [0.1, 0.15) is 11.2 Å². The van der Waals surface area contributed by atoms with Crippen LogP contribution in [0.3, 0.4) is 0 Å². The van der Waals surface area contributed by atoms with Crippen LogP contribution < -0.4 is 0 Å². The fourth-order valence-corrected chi connectivity index (χ4v) is 11.0. The molecule has 0 aliphatic rings. The van der Waals surface area contributed by atoms with E-state index in [-0.39, 0.29) is 0 Å². The molecule has 0 spiro atoms. The van der Waals surface area contributed by atoms with Gasteiger partial charge in [-0.2, -0.15) is 9.97 Å². The summed E-state index contributed by atoms with van der Waals surface area (Å²) in [5.74, 6) is 1.80. The van der Waals surface area contributed by atoms with E-state index >= 15 is 0 Å². The van der Waals surface area contributed by atoms with Gasteiger partial charge in [-0.3, -0.25) is 4.57 Å². The lowest BCUT2D eigenvalue weighted by atomic mass is 10.0. The predicted molar refractivity (Wildman–Crippen MR) is 265 cm³/mol. The van der Waals surface area contributed by atoms with Crippen LogP contribution in [0, 0.1) is 0 Å². The average molecular weight is 836 g/mol. The molecular weight excluding hydrogens is 803 g/mol. The van der Waals surface area contributed by atoms with Crippen molar-refractivity contribution in [2.75, 3.05) is 0 Å². The molecular formula is C57H33N5OS. The summed E-state index contributed by atoms with van der Waals surface area (Å²) in [5, 5.41) is 9.20. The topological polar surface area (TPSA) is 61.7 Å². The van der Waals surface area contributed by atoms with E-state index in [1.807, 2.05) is 35.6 Å². The van der Waals surface area contributed by atoms with Gasteiger partial charge in [0.05, 0.1) is 22.1 Å². The summed E-state index contributed by atoms with van der Waals surface area (Å²) in [6.45, 7) is 0. The van der Waals surface area contributed by atoms with Crippen molar-refractivity contribution >= 4 is 97.1 Å². The zero-order valence-electron chi connectivity index (χ0n) is 34.1. The number of thiophene rings is 1. The molecule has 14 rings (SSSR count). The monoisotopic (exact) mass is 835 g/mol. The third-order valence-electron chi connectivity index (χ3n) is 12.8. The molecule has 0 saturated carbocycles. The van der Waals surface area contributed by atoms with Gasteiger partial charge in [-0.15, -0.1) is 11.3 Å². The lowest BCUT2D eigenvalue weighted by molar-refractivity contribution is 0.670. The molecule has 0 fully saturated rings. The highest BCUT2D eigenvalue weighted by Crippen LogP contribution is 2.43. The van der Waals surface area contributed by atoms with Gasteiger partial charge in [0.25, 0.3) is 0 Å². The first-order valence-corrected chi connectivity index (χ1v) is 22.2. The molecule has 0 radical (unpaired) electrons. The summed E-state index contributed by atoms with van der Waals surface area (Å²) in [5.41, 5.74) is 11.0. The number of aromatic nitrogens is 5. The molecule has 0 aliphatic carbocycles. The fraction of sp³-hybridized carbons (Fsp3) is 0. The highest BCUT2D eigenvalue weighted by Gasteiger charge is 2.23. The molecule has 0 saturated heterocycles. The fourth-order valence-electron chi connectivity index (χ4n) is 9.87. The summed E-state index contributed by atoms with van der Waals surface area (Å²) in [4.78, 5) is 15.9. The summed E-state index contributed by atoms with van der Waals surface area (Å²) in [6.07, 6.45) is 0. The number of para-hydroxylation sites is 3. The predicted octanol–water partition coefficient (Wildman–Crippen LogP) is 15.3. The Balaban J connectivity index is 1.07. The average Bonchev–Trinajstić information content (AvgIpc) is 4.11. The number of nitrogens with zero attached hydrogens (tertiary/aromatic N) is 5. The van der Waals surface area contributed by atoms with Gasteiger partial charge in [-0.05, 0) is 72.3 Å². The van der Waals surface area contributed by atoms with Crippen LogP contribution in [0.2, 0.25) is 0 Å². The van der Waals surface area contributed by atoms with Gasteiger partial charge in [0, 0.05) is 74.9 Å². The van der Waals surface area contributed by atoms with Crippen molar-refractivity contribution in [3.63, 3.8) is 0 Å². The molecule has 9 aromatic carbocycles. The molecule has 5 aromatic heterocycles. The molecule has 0 N–H and O–H groups in total. The molecule has 0 atom stereocenters. The normalized spacial score (nSPS) is 12.1. The first-order valence-electron chi connectivity index (χ1n) is 21.4. The van der Waals surface area contributed by atoms with E-state index in [0.29, 0.717) is 17.6 Å². The van der Waals surface area contributed by atoms with E-state index in [9.17, 15) is 0 Å². The quantitative estimate of drug-likeness (QED) is 0.173. The van der Waals surface area contributed by atoms with Crippen LogP contribution in [0.5, 0.6) is 0 Å². The minimum Gasteiger partial charge on any atom is -0.455 e. The third-order valence-corrected chi connectivity index (χ3v) is 13.9. The Bertz CT molecular complexity index is 4200. The second-order valence-electron chi connectivity index (χ2n) is 16.4. The van der Waals surface area contributed by atoms with Crippen molar-refractivity contribution in [1.82, 2.24) is 24.1 Å². The van der Waals surface area contributed by atoms with E-state index in [1.165, 1.54) is 30.9 Å². The van der Waals surface area contributed by atoms with Crippen LogP contribution in [-0.4, -0.2) is 24.1 Å². The second-order valence-corrected chi connectivity index (χ2v) is 17.5. The number of rotatable bonds is 5. The molecule has 0 amide bonds. The number of benzene rings is 9. The smallest absolute Gasteiger partial charge is 0.238 e. The molecule has 5 heterocycles. The zero-order chi connectivity index (χ0) is 41.9. The van der Waals surface area contributed by atoms with Gasteiger partial charge >= 0.3 is 0 Å². The summed E-state index contributed by atoms with van der Waals surface area (Å²) in [6, 6.07) is 70.8. The number of hydrogen-bond donors (Lipinski definition) is 0. The molecule has 0 bridgehead atoms. The molecule has 0 unspecified atom stereocenters. The highest BCUT2D eigenvalue weighted by atomic mass is 32.1. The third kappa shape index (κ3) is 5.22. The van der Waals surface area contributed by atoms with Gasteiger partial charge in [-0.1, -0.05) is 133 Å². The number of hydrogen-bond acceptors (Lipinski definition) is 5. The van der Waals surface area contributed by atoms with Gasteiger partial charge in [0.2, 0.25) is 5.95 Å². The van der Waals surface area contributed by atoms with E-state index < -0.39 is 0 Å². The first kappa shape index (κ1) is 35.2. The maximum atomic E-state index is 6.63. The Morgan fingerprint density at radius 3 is 1.72 bits per heavy atom. The van der Waals surface area contributed by atoms with Crippen molar-refractivity contribution in [2.24, 2.45) is 0 Å². The molecule has 64 heavy (non-hydrogen) atoms. The molecule has 6 nitrogen and oxygen atoms in total. The van der Waals surface area contributed by atoms with Crippen molar-refractivity contribution in [3.05, 3.63) is 200 Å². The lowest BCUT2D eigenvalue weighted by Gasteiger charge is -2.13. The highest BCUT2D eigenvalue weighted by molar-refractivity contribution is 7.25. The number of furan rings is 1. The summed E-state index contributed by atoms with van der Waals surface area (Å²) < 4.78 is 13.8. The van der Waals surface area contributed by atoms with Crippen LogP contribution in [0.1, 0.15) is 0 Å². The van der Waals surface area contributed by atoms with Crippen LogP contribution >= 0.6 is 11.3 Å². The van der Waals surface area contributed by atoms with Crippen molar-refractivity contribution in [1.29, 1.82) is 0 Å². The van der Waals surface area contributed by atoms with E-state index in [4.69, 9.17) is 19.4 Å². The largest absolute Gasteiger partial charge is 0.455 e. The second kappa shape index (κ2) is 13.6. The van der Waals surface area contributed by atoms with Crippen LogP contribution in [0.25, 0.3) is 131 Å². The Hall–Kier alpha value is -8.39. The van der Waals surface area contributed by atoms with Crippen molar-refractivity contribution < 1.29 is 4.42 Å². The maximum absolute atomic E-state index is 6.63. The van der Waals surface area contributed by atoms with Crippen LogP contribution in [0.4, 0.5) is 0 Å². The van der Waals surface area contributed by atoms with Crippen LogP contribution in [0.15, 0.2) is 205 Å². The minimum absolute atomic E-state index is 0.560. The molecule has 14 aromatic rings. The minimum atomic E-state index is 0.560. The zero-order valence-corrected chi connectivity index (χ0v) is 34.9.